The summed E-state index contributed by atoms with van der Waals surface area (Å²) in [6, 6.07) is 7.95. The molecule has 0 saturated carbocycles. The molecule has 118 valence electrons. The molecule has 0 bridgehead atoms. The van der Waals surface area contributed by atoms with E-state index in [0.29, 0.717) is 17.5 Å². The number of hydrogen-bond acceptors (Lipinski definition) is 3. The van der Waals surface area contributed by atoms with E-state index in [-0.39, 0.29) is 19.1 Å². The maximum Gasteiger partial charge on any atom is 0.251 e. The van der Waals surface area contributed by atoms with E-state index in [0.717, 1.165) is 18.5 Å². The predicted molar refractivity (Wildman–Crippen MR) is 87.6 cm³/mol. The van der Waals surface area contributed by atoms with Gasteiger partial charge in [0.2, 0.25) is 0 Å². The van der Waals surface area contributed by atoms with Crippen molar-refractivity contribution >= 4 is 11.6 Å². The summed E-state index contributed by atoms with van der Waals surface area (Å²) in [5.41, 5.74) is 1.59. The first-order chi connectivity index (χ1) is 10.1. The molecule has 1 aromatic rings. The first-order valence-electron chi connectivity index (χ1n) is 7.86. The van der Waals surface area contributed by atoms with Crippen LogP contribution in [0.15, 0.2) is 24.3 Å². The molecule has 21 heavy (non-hydrogen) atoms. The van der Waals surface area contributed by atoms with Crippen molar-refractivity contribution in [3.63, 3.8) is 0 Å². The number of nitrogens with one attached hydrogen (secondary N) is 2. The maximum absolute atomic E-state index is 11.9. The third-order valence-corrected chi connectivity index (χ3v) is 3.77. The van der Waals surface area contributed by atoms with Crippen LogP contribution in [-0.2, 0) is 0 Å². The molecule has 0 radical (unpaired) electrons. The van der Waals surface area contributed by atoms with Gasteiger partial charge >= 0.3 is 0 Å². The van der Waals surface area contributed by atoms with Gasteiger partial charge in [0.1, 0.15) is 0 Å². The minimum Gasteiger partial charge on any atom is -0.395 e. The molecule has 0 spiro atoms. The molecule has 1 amide bonds. The van der Waals surface area contributed by atoms with Crippen LogP contribution in [0.3, 0.4) is 0 Å². The molecule has 0 aromatic heterocycles. The van der Waals surface area contributed by atoms with Gasteiger partial charge < -0.3 is 15.7 Å². The molecule has 4 heteroatoms. The Morgan fingerprint density at radius 3 is 2.67 bits per heavy atom. The zero-order chi connectivity index (χ0) is 15.7. The van der Waals surface area contributed by atoms with Gasteiger partial charge in [0.15, 0.2) is 0 Å². The monoisotopic (exact) mass is 292 g/mol. The molecule has 0 aliphatic carbocycles. The van der Waals surface area contributed by atoms with Gasteiger partial charge in [-0.2, -0.15) is 0 Å². The van der Waals surface area contributed by atoms with Crippen molar-refractivity contribution in [2.24, 2.45) is 5.92 Å². The van der Waals surface area contributed by atoms with Crippen LogP contribution in [0.2, 0.25) is 0 Å². The Kier molecular flexibility index (Phi) is 7.83. The molecule has 1 aromatic carbocycles. The second-order valence-corrected chi connectivity index (χ2v) is 5.56. The van der Waals surface area contributed by atoms with Crippen LogP contribution in [0.5, 0.6) is 0 Å². The Hall–Kier alpha value is -1.55. The number of anilines is 1. The van der Waals surface area contributed by atoms with Crippen molar-refractivity contribution in [2.45, 2.75) is 46.1 Å². The van der Waals surface area contributed by atoms with E-state index in [2.05, 4.69) is 31.4 Å². The first-order valence-corrected chi connectivity index (χ1v) is 7.86. The van der Waals surface area contributed by atoms with Crippen molar-refractivity contribution in [2.75, 3.05) is 18.5 Å². The second-order valence-electron chi connectivity index (χ2n) is 5.56. The van der Waals surface area contributed by atoms with Crippen LogP contribution >= 0.6 is 0 Å². The average Bonchev–Trinajstić information content (AvgIpc) is 2.51. The van der Waals surface area contributed by atoms with Crippen LogP contribution in [0.1, 0.15) is 50.4 Å². The van der Waals surface area contributed by atoms with Crippen molar-refractivity contribution in [1.82, 2.24) is 5.32 Å². The Labute approximate surface area is 128 Å². The molecule has 0 aliphatic rings. The highest BCUT2D eigenvalue weighted by molar-refractivity contribution is 5.95. The SMILES string of the molecule is CCC(C)CC(CC)Nc1cccc(C(=O)NCCO)c1. The van der Waals surface area contributed by atoms with Gasteiger partial charge in [-0.25, -0.2) is 0 Å². The van der Waals surface area contributed by atoms with Gasteiger partial charge in [0, 0.05) is 23.8 Å². The lowest BCUT2D eigenvalue weighted by Crippen LogP contribution is -2.26. The van der Waals surface area contributed by atoms with Crippen LogP contribution in [-0.4, -0.2) is 30.2 Å². The highest BCUT2D eigenvalue weighted by Gasteiger charge is 2.11. The number of rotatable bonds is 9. The average molecular weight is 292 g/mol. The minimum absolute atomic E-state index is 0.0451. The molecule has 2 unspecified atom stereocenters. The predicted octanol–water partition coefficient (Wildman–Crippen LogP) is 3.04. The Morgan fingerprint density at radius 1 is 1.29 bits per heavy atom. The quantitative estimate of drug-likeness (QED) is 0.655. The number of aliphatic hydroxyl groups excluding tert-OH is 1. The summed E-state index contributed by atoms with van der Waals surface area (Å²) >= 11 is 0. The summed E-state index contributed by atoms with van der Waals surface area (Å²) < 4.78 is 0. The van der Waals surface area contributed by atoms with E-state index in [1.807, 2.05) is 18.2 Å². The fourth-order valence-electron chi connectivity index (χ4n) is 2.24. The van der Waals surface area contributed by atoms with E-state index in [9.17, 15) is 4.79 Å². The largest absolute Gasteiger partial charge is 0.395 e. The second kappa shape index (κ2) is 9.40. The Balaban J connectivity index is 2.68. The van der Waals surface area contributed by atoms with Crippen molar-refractivity contribution < 1.29 is 9.90 Å². The Bertz CT molecular complexity index is 435. The zero-order valence-electron chi connectivity index (χ0n) is 13.4. The molecule has 1 rings (SSSR count). The fourth-order valence-corrected chi connectivity index (χ4v) is 2.24. The lowest BCUT2D eigenvalue weighted by molar-refractivity contribution is 0.0945. The Morgan fingerprint density at radius 2 is 2.05 bits per heavy atom. The van der Waals surface area contributed by atoms with Gasteiger partial charge in [-0.3, -0.25) is 4.79 Å². The molecule has 0 aliphatic heterocycles. The van der Waals surface area contributed by atoms with E-state index < -0.39 is 0 Å². The van der Waals surface area contributed by atoms with Crippen molar-refractivity contribution in [1.29, 1.82) is 0 Å². The summed E-state index contributed by atoms with van der Waals surface area (Å²) in [5.74, 6) is 0.543. The number of amides is 1. The number of benzene rings is 1. The molecule has 3 N–H and O–H groups in total. The molecular weight excluding hydrogens is 264 g/mol. The van der Waals surface area contributed by atoms with Gasteiger partial charge in [0.25, 0.3) is 5.91 Å². The summed E-state index contributed by atoms with van der Waals surface area (Å²) in [4.78, 5) is 11.9. The molecule has 2 atom stereocenters. The van der Waals surface area contributed by atoms with E-state index in [4.69, 9.17) is 5.11 Å². The van der Waals surface area contributed by atoms with Gasteiger partial charge in [-0.1, -0.05) is 33.3 Å². The third kappa shape index (κ3) is 6.17. The molecule has 4 nitrogen and oxygen atoms in total. The van der Waals surface area contributed by atoms with E-state index >= 15 is 0 Å². The third-order valence-electron chi connectivity index (χ3n) is 3.77. The van der Waals surface area contributed by atoms with Crippen LogP contribution in [0.25, 0.3) is 0 Å². The number of carbonyl (C=O) groups excluding carboxylic acids is 1. The molecular formula is C17H28N2O2. The van der Waals surface area contributed by atoms with E-state index in [1.54, 1.807) is 6.07 Å². The van der Waals surface area contributed by atoms with Crippen LogP contribution in [0.4, 0.5) is 5.69 Å². The van der Waals surface area contributed by atoms with Crippen molar-refractivity contribution in [3.8, 4) is 0 Å². The lowest BCUT2D eigenvalue weighted by atomic mass is 9.97. The topological polar surface area (TPSA) is 61.4 Å². The normalized spacial score (nSPS) is 13.5. The van der Waals surface area contributed by atoms with Gasteiger partial charge in [-0.15, -0.1) is 0 Å². The van der Waals surface area contributed by atoms with Crippen LogP contribution < -0.4 is 10.6 Å². The standard InChI is InChI=1S/C17H28N2O2/c1-4-13(3)11-15(5-2)19-16-8-6-7-14(12-16)17(21)18-9-10-20/h6-8,12-13,15,19-20H,4-5,9-11H2,1-3H3,(H,18,21). The summed E-state index contributed by atoms with van der Waals surface area (Å²) in [7, 11) is 0. The van der Waals surface area contributed by atoms with Crippen molar-refractivity contribution in [3.05, 3.63) is 29.8 Å². The van der Waals surface area contributed by atoms with E-state index in [1.165, 1.54) is 6.42 Å². The highest BCUT2D eigenvalue weighted by Crippen LogP contribution is 2.18. The molecule has 0 fully saturated rings. The number of carbonyl (C=O) groups is 1. The fraction of sp³-hybridized carbons (Fsp3) is 0.588. The van der Waals surface area contributed by atoms with Crippen LogP contribution in [0, 0.1) is 5.92 Å². The molecule has 0 saturated heterocycles. The number of hydrogen-bond donors (Lipinski definition) is 3. The first kappa shape index (κ1) is 17.5. The summed E-state index contributed by atoms with van der Waals surface area (Å²) in [6.45, 7) is 6.89. The minimum atomic E-state index is -0.150. The van der Waals surface area contributed by atoms with Gasteiger partial charge in [-0.05, 0) is 37.0 Å². The maximum atomic E-state index is 11.9. The lowest BCUT2D eigenvalue weighted by Gasteiger charge is -2.21. The summed E-state index contributed by atoms with van der Waals surface area (Å²) in [6.07, 6.45) is 3.38. The van der Waals surface area contributed by atoms with Gasteiger partial charge in [0.05, 0.1) is 6.61 Å². The zero-order valence-corrected chi connectivity index (χ0v) is 13.4. The number of aliphatic hydroxyl groups is 1. The smallest absolute Gasteiger partial charge is 0.251 e. The molecule has 0 heterocycles. The summed E-state index contributed by atoms with van der Waals surface area (Å²) in [5, 5.41) is 14.9. The highest BCUT2D eigenvalue weighted by atomic mass is 16.3.